The number of pyridine rings is 1. The van der Waals surface area contributed by atoms with E-state index in [9.17, 15) is 0 Å². The van der Waals surface area contributed by atoms with Crippen LogP contribution in [-0.4, -0.2) is 21.5 Å². The molecule has 1 fully saturated rings. The standard InChI is InChI=1S/C21H19Cl2N3OS/c1-2-12-26-20(19(25-21(26)28)15-8-3-4-11-24-15)17-10-9-16(27-17)13-6-5-7-14(22)18(13)23/h3-11,19-20H,2,12H2,1H3,(H,25,28)/t19-,20+/m0/s1. The summed E-state index contributed by atoms with van der Waals surface area (Å²) >= 11 is 18.1. The lowest BCUT2D eigenvalue weighted by molar-refractivity contribution is 0.275. The number of nitrogens with zero attached hydrogens (tertiary/aromatic N) is 2. The van der Waals surface area contributed by atoms with Crippen LogP contribution < -0.4 is 5.32 Å². The normalized spacial score (nSPS) is 19.1. The topological polar surface area (TPSA) is 41.3 Å². The van der Waals surface area contributed by atoms with Gasteiger partial charge in [0.2, 0.25) is 0 Å². The van der Waals surface area contributed by atoms with Crippen LogP contribution in [0, 0.1) is 0 Å². The van der Waals surface area contributed by atoms with Gasteiger partial charge in [0, 0.05) is 18.3 Å². The van der Waals surface area contributed by atoms with E-state index in [-0.39, 0.29) is 12.1 Å². The Hall–Kier alpha value is -2.08. The molecule has 1 aliphatic heterocycles. The van der Waals surface area contributed by atoms with Crippen molar-refractivity contribution >= 4 is 40.5 Å². The Bertz CT molecular complexity index is 992. The van der Waals surface area contributed by atoms with Crippen molar-refractivity contribution in [3.8, 4) is 11.3 Å². The Morgan fingerprint density at radius 2 is 2.00 bits per heavy atom. The highest BCUT2D eigenvalue weighted by molar-refractivity contribution is 7.80. The van der Waals surface area contributed by atoms with Gasteiger partial charge in [0.1, 0.15) is 17.6 Å². The summed E-state index contributed by atoms with van der Waals surface area (Å²) < 4.78 is 6.25. The minimum Gasteiger partial charge on any atom is -0.459 e. The third-order valence-electron chi connectivity index (χ3n) is 4.80. The van der Waals surface area contributed by atoms with E-state index in [0.29, 0.717) is 20.9 Å². The Morgan fingerprint density at radius 1 is 1.14 bits per heavy atom. The second kappa shape index (κ2) is 8.11. The number of nitrogens with one attached hydrogen (secondary N) is 1. The highest BCUT2D eigenvalue weighted by atomic mass is 35.5. The highest BCUT2D eigenvalue weighted by Crippen LogP contribution is 2.41. The molecule has 1 N–H and O–H groups in total. The SMILES string of the molecule is CCCN1C(=S)N[C@@H](c2ccccn2)[C@H]1c1ccc(-c2cccc(Cl)c2Cl)o1. The van der Waals surface area contributed by atoms with Crippen LogP contribution in [0.3, 0.4) is 0 Å². The Labute approximate surface area is 179 Å². The fourth-order valence-electron chi connectivity index (χ4n) is 3.55. The zero-order chi connectivity index (χ0) is 19.7. The molecule has 7 heteroatoms. The molecule has 0 amide bonds. The van der Waals surface area contributed by atoms with E-state index in [0.717, 1.165) is 30.0 Å². The molecule has 0 spiro atoms. The van der Waals surface area contributed by atoms with Gasteiger partial charge in [0.25, 0.3) is 0 Å². The smallest absolute Gasteiger partial charge is 0.170 e. The average Bonchev–Trinajstić information content (AvgIpc) is 3.30. The number of aromatic nitrogens is 1. The van der Waals surface area contributed by atoms with E-state index in [4.69, 9.17) is 39.8 Å². The molecule has 1 aromatic carbocycles. The van der Waals surface area contributed by atoms with Crippen LogP contribution in [0.15, 0.2) is 59.1 Å². The molecule has 0 bridgehead atoms. The van der Waals surface area contributed by atoms with Crippen LogP contribution in [0.5, 0.6) is 0 Å². The Morgan fingerprint density at radius 3 is 2.75 bits per heavy atom. The summed E-state index contributed by atoms with van der Waals surface area (Å²) in [4.78, 5) is 6.69. The molecule has 4 nitrogen and oxygen atoms in total. The third-order valence-corrected chi connectivity index (χ3v) is 5.97. The van der Waals surface area contributed by atoms with Gasteiger partial charge >= 0.3 is 0 Å². The molecule has 0 aliphatic carbocycles. The molecule has 3 heterocycles. The van der Waals surface area contributed by atoms with Crippen molar-refractivity contribution in [1.29, 1.82) is 0 Å². The van der Waals surface area contributed by atoms with E-state index in [1.54, 1.807) is 12.3 Å². The second-order valence-corrected chi connectivity index (χ2v) is 7.80. The summed E-state index contributed by atoms with van der Waals surface area (Å²) in [6, 6.07) is 15.1. The molecule has 0 radical (unpaired) electrons. The molecule has 144 valence electrons. The van der Waals surface area contributed by atoms with E-state index in [2.05, 4.69) is 22.1 Å². The van der Waals surface area contributed by atoms with Gasteiger partial charge in [0.05, 0.1) is 21.8 Å². The summed E-state index contributed by atoms with van der Waals surface area (Å²) in [6.07, 6.45) is 2.76. The fraction of sp³-hybridized carbons (Fsp3) is 0.238. The number of hydrogen-bond acceptors (Lipinski definition) is 3. The number of benzene rings is 1. The molecule has 28 heavy (non-hydrogen) atoms. The Balaban J connectivity index is 1.75. The quantitative estimate of drug-likeness (QED) is 0.499. The van der Waals surface area contributed by atoms with E-state index in [1.165, 1.54) is 0 Å². The summed E-state index contributed by atoms with van der Waals surface area (Å²) in [5.74, 6) is 1.49. The first-order chi connectivity index (χ1) is 13.6. The lowest BCUT2D eigenvalue weighted by Crippen LogP contribution is -2.30. The van der Waals surface area contributed by atoms with Gasteiger partial charge in [-0.3, -0.25) is 4.98 Å². The molecule has 0 unspecified atom stereocenters. The van der Waals surface area contributed by atoms with Gasteiger partial charge < -0.3 is 14.6 Å². The van der Waals surface area contributed by atoms with Crippen LogP contribution in [0.25, 0.3) is 11.3 Å². The van der Waals surface area contributed by atoms with Gasteiger partial charge in [-0.05, 0) is 55.0 Å². The van der Waals surface area contributed by atoms with E-state index in [1.807, 2.05) is 42.5 Å². The minimum absolute atomic E-state index is 0.0888. The third kappa shape index (κ3) is 3.50. The zero-order valence-electron chi connectivity index (χ0n) is 15.2. The van der Waals surface area contributed by atoms with E-state index < -0.39 is 0 Å². The largest absolute Gasteiger partial charge is 0.459 e. The molecule has 1 aliphatic rings. The van der Waals surface area contributed by atoms with Crippen LogP contribution >= 0.6 is 35.4 Å². The monoisotopic (exact) mass is 431 g/mol. The molecular formula is C21H19Cl2N3OS. The van der Waals surface area contributed by atoms with Crippen LogP contribution in [0.2, 0.25) is 10.0 Å². The molecule has 4 rings (SSSR count). The number of halogens is 2. The summed E-state index contributed by atoms with van der Waals surface area (Å²) in [5, 5.41) is 5.10. The van der Waals surface area contributed by atoms with E-state index >= 15 is 0 Å². The van der Waals surface area contributed by atoms with Crippen LogP contribution in [0.4, 0.5) is 0 Å². The fourth-order valence-corrected chi connectivity index (χ4v) is 4.27. The average molecular weight is 432 g/mol. The van der Waals surface area contributed by atoms with Crippen molar-refractivity contribution < 1.29 is 4.42 Å². The molecule has 2 aromatic heterocycles. The van der Waals surface area contributed by atoms with Gasteiger partial charge in [-0.1, -0.05) is 42.3 Å². The number of rotatable bonds is 5. The van der Waals surface area contributed by atoms with Crippen molar-refractivity contribution in [3.63, 3.8) is 0 Å². The number of furan rings is 1. The molecule has 1 saturated heterocycles. The number of hydrogen-bond donors (Lipinski definition) is 1. The van der Waals surface area contributed by atoms with Crippen molar-refractivity contribution in [3.05, 3.63) is 76.2 Å². The van der Waals surface area contributed by atoms with Gasteiger partial charge in [-0.15, -0.1) is 0 Å². The van der Waals surface area contributed by atoms with Crippen LogP contribution in [-0.2, 0) is 0 Å². The van der Waals surface area contributed by atoms with Gasteiger partial charge in [-0.25, -0.2) is 0 Å². The first kappa shape index (κ1) is 19.2. The maximum absolute atomic E-state index is 6.38. The first-order valence-electron chi connectivity index (χ1n) is 9.12. The van der Waals surface area contributed by atoms with Crippen molar-refractivity contribution in [2.24, 2.45) is 0 Å². The van der Waals surface area contributed by atoms with Crippen molar-refractivity contribution in [2.45, 2.75) is 25.4 Å². The van der Waals surface area contributed by atoms with Gasteiger partial charge in [0.15, 0.2) is 5.11 Å². The summed E-state index contributed by atoms with van der Waals surface area (Å²) in [5.41, 5.74) is 1.69. The first-order valence-corrected chi connectivity index (χ1v) is 10.3. The van der Waals surface area contributed by atoms with Crippen molar-refractivity contribution in [2.75, 3.05) is 6.54 Å². The summed E-state index contributed by atoms with van der Waals surface area (Å²) in [6.45, 7) is 2.96. The number of thiocarbonyl (C=S) groups is 1. The highest BCUT2D eigenvalue weighted by Gasteiger charge is 2.41. The maximum Gasteiger partial charge on any atom is 0.170 e. The van der Waals surface area contributed by atoms with Gasteiger partial charge in [-0.2, -0.15) is 0 Å². The van der Waals surface area contributed by atoms with Crippen molar-refractivity contribution in [1.82, 2.24) is 15.2 Å². The predicted octanol–water partition coefficient (Wildman–Crippen LogP) is 6.03. The minimum atomic E-state index is -0.0888. The second-order valence-electron chi connectivity index (χ2n) is 6.62. The molecule has 0 saturated carbocycles. The molecule has 3 aromatic rings. The Kier molecular flexibility index (Phi) is 5.58. The maximum atomic E-state index is 6.38. The summed E-state index contributed by atoms with van der Waals surface area (Å²) in [7, 11) is 0. The van der Waals surface area contributed by atoms with Crippen LogP contribution in [0.1, 0.15) is 36.9 Å². The lowest BCUT2D eigenvalue weighted by atomic mass is 10.0. The predicted molar refractivity (Wildman–Crippen MR) is 117 cm³/mol. The zero-order valence-corrected chi connectivity index (χ0v) is 17.6. The lowest BCUT2D eigenvalue weighted by Gasteiger charge is -2.25. The molecule has 2 atom stereocenters. The molecular weight excluding hydrogens is 413 g/mol.